The molecule has 0 aliphatic heterocycles. The van der Waals surface area contributed by atoms with Crippen molar-refractivity contribution in [1.29, 1.82) is 0 Å². The summed E-state index contributed by atoms with van der Waals surface area (Å²) in [6, 6.07) is 0. The monoisotopic (exact) mass is 176 g/mol. The van der Waals surface area contributed by atoms with Crippen LogP contribution in [0.15, 0.2) is 18.6 Å². The molecule has 0 aliphatic carbocycles. The molecule has 5 nitrogen and oxygen atoms in total. The van der Waals surface area contributed by atoms with Crippen molar-refractivity contribution < 1.29 is 14.7 Å². The van der Waals surface area contributed by atoms with Crippen molar-refractivity contribution >= 4 is 12.7 Å². The van der Waals surface area contributed by atoms with E-state index in [0.29, 0.717) is 0 Å². The Kier molecular flexibility index (Phi) is 1.69. The SMILES string of the molecule is CP(O)(O)(O)c1cnccn1. The third-order valence-corrected chi connectivity index (χ3v) is 2.39. The summed E-state index contributed by atoms with van der Waals surface area (Å²) in [6.45, 7) is 0.940. The molecule has 0 spiro atoms. The summed E-state index contributed by atoms with van der Waals surface area (Å²) in [7, 11) is -4.67. The van der Waals surface area contributed by atoms with Crippen LogP contribution in [0.2, 0.25) is 0 Å². The van der Waals surface area contributed by atoms with Crippen molar-refractivity contribution in [3.63, 3.8) is 0 Å². The fraction of sp³-hybridized carbons (Fsp3) is 0.200. The van der Waals surface area contributed by atoms with Crippen LogP contribution < -0.4 is 5.44 Å². The van der Waals surface area contributed by atoms with Crippen molar-refractivity contribution in [1.82, 2.24) is 9.97 Å². The Balaban J connectivity index is 3.14. The van der Waals surface area contributed by atoms with E-state index in [1.54, 1.807) is 0 Å². The quantitative estimate of drug-likeness (QED) is 0.478. The normalized spacial score (nSPS) is 15.5. The van der Waals surface area contributed by atoms with Crippen LogP contribution in [0.1, 0.15) is 0 Å². The van der Waals surface area contributed by atoms with Gasteiger partial charge in [0.1, 0.15) is 0 Å². The van der Waals surface area contributed by atoms with E-state index < -0.39 is 7.28 Å². The van der Waals surface area contributed by atoms with E-state index in [1.807, 2.05) is 0 Å². The van der Waals surface area contributed by atoms with Gasteiger partial charge in [-0.15, -0.1) is 0 Å². The van der Waals surface area contributed by atoms with Crippen molar-refractivity contribution in [2.75, 3.05) is 6.66 Å². The summed E-state index contributed by atoms with van der Waals surface area (Å²) < 4.78 is 0. The van der Waals surface area contributed by atoms with E-state index in [4.69, 9.17) is 14.7 Å². The molecule has 0 saturated heterocycles. The number of rotatable bonds is 1. The minimum atomic E-state index is -4.67. The zero-order chi connectivity index (χ0) is 8.56. The summed E-state index contributed by atoms with van der Waals surface area (Å²) in [5.74, 6) is 0. The topological polar surface area (TPSA) is 86.5 Å². The van der Waals surface area contributed by atoms with Gasteiger partial charge in [-0.1, -0.05) is 0 Å². The fourth-order valence-electron chi connectivity index (χ4n) is 0.562. The second kappa shape index (κ2) is 2.19. The van der Waals surface area contributed by atoms with Gasteiger partial charge in [-0.3, -0.25) is 0 Å². The first-order chi connectivity index (χ1) is 4.86. The van der Waals surface area contributed by atoms with E-state index in [0.717, 1.165) is 12.9 Å². The molecule has 0 aromatic carbocycles. The maximum absolute atomic E-state index is 9.09. The van der Waals surface area contributed by atoms with Gasteiger partial charge < -0.3 is 0 Å². The van der Waals surface area contributed by atoms with Crippen molar-refractivity contribution in [3.05, 3.63) is 18.6 Å². The van der Waals surface area contributed by atoms with Gasteiger partial charge in [-0.05, 0) is 0 Å². The molecule has 1 rings (SSSR count). The molecule has 1 heterocycles. The minimum absolute atomic E-state index is 0.182. The molecule has 0 bridgehead atoms. The van der Waals surface area contributed by atoms with Gasteiger partial charge in [0.2, 0.25) is 0 Å². The summed E-state index contributed by atoms with van der Waals surface area (Å²) in [5.41, 5.74) is -0.182. The molecule has 0 radical (unpaired) electrons. The van der Waals surface area contributed by atoms with E-state index in [2.05, 4.69) is 9.97 Å². The predicted molar refractivity (Wildman–Crippen MR) is 41.2 cm³/mol. The molecular weight excluding hydrogens is 167 g/mol. The van der Waals surface area contributed by atoms with E-state index in [9.17, 15) is 0 Å². The van der Waals surface area contributed by atoms with Gasteiger partial charge in [0.15, 0.2) is 0 Å². The molecule has 0 aliphatic rings. The van der Waals surface area contributed by atoms with Crippen LogP contribution in [0.4, 0.5) is 0 Å². The summed E-state index contributed by atoms with van der Waals surface area (Å²) in [6.07, 6.45) is 3.78. The second-order valence-corrected chi connectivity index (χ2v) is 5.70. The second-order valence-electron chi connectivity index (χ2n) is 2.46. The van der Waals surface area contributed by atoms with Crippen molar-refractivity contribution in [3.8, 4) is 0 Å². The van der Waals surface area contributed by atoms with Gasteiger partial charge in [0.05, 0.1) is 0 Å². The summed E-state index contributed by atoms with van der Waals surface area (Å²) >= 11 is 0. The molecule has 1 aromatic rings. The zero-order valence-electron chi connectivity index (χ0n) is 5.92. The molecule has 0 saturated carbocycles. The Labute approximate surface area is 63.5 Å². The van der Waals surface area contributed by atoms with Crippen LogP contribution in [-0.2, 0) is 0 Å². The first-order valence-corrected chi connectivity index (χ1v) is 5.43. The standard InChI is InChI=1S/C5H9N2O3P/c1-11(8,9,10)5-4-6-2-3-7-5/h2-4,8-10H,1H3. The fourth-order valence-corrected chi connectivity index (χ4v) is 1.24. The first-order valence-electron chi connectivity index (χ1n) is 2.89. The molecule has 1 aromatic heterocycles. The van der Waals surface area contributed by atoms with Crippen LogP contribution in [0.5, 0.6) is 0 Å². The zero-order valence-corrected chi connectivity index (χ0v) is 6.81. The van der Waals surface area contributed by atoms with Crippen LogP contribution in [0.25, 0.3) is 0 Å². The van der Waals surface area contributed by atoms with Gasteiger partial charge in [0, 0.05) is 0 Å². The molecule has 0 unspecified atom stereocenters. The van der Waals surface area contributed by atoms with E-state index in [-0.39, 0.29) is 5.44 Å². The number of hydrogen-bond acceptors (Lipinski definition) is 5. The van der Waals surface area contributed by atoms with Gasteiger partial charge in [-0.25, -0.2) is 0 Å². The number of hydrogen-bond donors (Lipinski definition) is 3. The van der Waals surface area contributed by atoms with Crippen molar-refractivity contribution in [2.24, 2.45) is 0 Å². The Hall–Kier alpha value is -0.610. The van der Waals surface area contributed by atoms with Crippen LogP contribution in [0.3, 0.4) is 0 Å². The molecule has 0 amide bonds. The molecule has 0 fully saturated rings. The van der Waals surface area contributed by atoms with Gasteiger partial charge in [0.25, 0.3) is 0 Å². The average Bonchev–Trinajstić information content (AvgIpc) is 1.86. The number of aromatic nitrogens is 2. The predicted octanol–water partition coefficient (Wildman–Crippen LogP) is -0.993. The Morgan fingerprint density at radius 1 is 1.27 bits per heavy atom. The van der Waals surface area contributed by atoms with E-state index in [1.165, 1.54) is 12.4 Å². The maximum atomic E-state index is 9.09. The summed E-state index contributed by atoms with van der Waals surface area (Å²) in [4.78, 5) is 34.4. The first kappa shape index (κ1) is 8.49. The van der Waals surface area contributed by atoms with Crippen LogP contribution >= 0.6 is 7.28 Å². The molecule has 3 N–H and O–H groups in total. The molecule has 6 heteroatoms. The third-order valence-electron chi connectivity index (χ3n) is 1.09. The summed E-state index contributed by atoms with van der Waals surface area (Å²) in [5, 5.41) is 0. The Bertz CT molecular complexity index is 246. The molecule has 0 atom stereocenters. The van der Waals surface area contributed by atoms with Gasteiger partial charge in [-0.2, -0.15) is 0 Å². The van der Waals surface area contributed by atoms with Crippen LogP contribution in [-0.4, -0.2) is 31.3 Å². The average molecular weight is 176 g/mol. The third kappa shape index (κ3) is 2.17. The Morgan fingerprint density at radius 2 is 1.91 bits per heavy atom. The van der Waals surface area contributed by atoms with E-state index >= 15 is 0 Å². The van der Waals surface area contributed by atoms with Crippen molar-refractivity contribution in [2.45, 2.75) is 0 Å². The molecule has 62 valence electrons. The van der Waals surface area contributed by atoms with Crippen LogP contribution in [0, 0.1) is 0 Å². The molecular formula is C5H9N2O3P. The molecule has 11 heavy (non-hydrogen) atoms. The number of nitrogens with zero attached hydrogens (tertiary/aromatic N) is 2. The van der Waals surface area contributed by atoms with Gasteiger partial charge >= 0.3 is 62.6 Å². The Morgan fingerprint density at radius 3 is 2.18 bits per heavy atom.